The first kappa shape index (κ1) is 12.2. The van der Waals surface area contributed by atoms with Crippen molar-refractivity contribution in [2.75, 3.05) is 6.54 Å². The average molecular weight is 271 g/mol. The molecule has 1 amide bonds. The summed E-state index contributed by atoms with van der Waals surface area (Å²) in [5, 5.41) is 13.2. The molecule has 106 valence electrons. The van der Waals surface area contributed by atoms with Crippen molar-refractivity contribution in [2.24, 2.45) is 11.8 Å². The van der Waals surface area contributed by atoms with Gasteiger partial charge in [-0.1, -0.05) is 6.07 Å². The third-order valence-corrected chi connectivity index (χ3v) is 5.34. The van der Waals surface area contributed by atoms with E-state index >= 15 is 0 Å². The lowest BCUT2D eigenvalue weighted by atomic mass is 9.75. The van der Waals surface area contributed by atoms with E-state index in [-0.39, 0.29) is 5.91 Å². The van der Waals surface area contributed by atoms with Crippen LogP contribution in [0, 0.1) is 11.8 Å². The Labute approximate surface area is 119 Å². The minimum Gasteiger partial charge on any atom is -0.508 e. The first-order valence-electron chi connectivity index (χ1n) is 7.85. The number of hydrogen-bond acceptors (Lipinski definition) is 2. The highest BCUT2D eigenvalue weighted by atomic mass is 16.3. The first-order valence-corrected chi connectivity index (χ1v) is 7.85. The van der Waals surface area contributed by atoms with Crippen LogP contribution >= 0.6 is 0 Å². The molecule has 1 fully saturated rings. The Morgan fingerprint density at radius 1 is 1.20 bits per heavy atom. The molecular weight excluding hydrogens is 250 g/mol. The van der Waals surface area contributed by atoms with Gasteiger partial charge in [0.1, 0.15) is 5.75 Å². The highest BCUT2D eigenvalue weighted by Gasteiger charge is 2.37. The number of phenolic OH excluding ortho intramolecular Hbond substituents is 1. The zero-order chi connectivity index (χ0) is 13.7. The van der Waals surface area contributed by atoms with E-state index in [1.165, 1.54) is 23.1 Å². The van der Waals surface area contributed by atoms with E-state index in [1.54, 1.807) is 0 Å². The molecule has 0 heterocycles. The summed E-state index contributed by atoms with van der Waals surface area (Å²) >= 11 is 0. The summed E-state index contributed by atoms with van der Waals surface area (Å²) in [5.74, 6) is 2.11. The Hall–Kier alpha value is -1.51. The van der Waals surface area contributed by atoms with E-state index in [1.807, 2.05) is 6.07 Å². The van der Waals surface area contributed by atoms with Crippen molar-refractivity contribution in [3.63, 3.8) is 0 Å². The molecule has 0 aromatic heterocycles. The van der Waals surface area contributed by atoms with Crippen molar-refractivity contribution >= 4 is 5.91 Å². The number of aromatic hydroxyl groups is 1. The third kappa shape index (κ3) is 1.91. The van der Waals surface area contributed by atoms with Gasteiger partial charge in [-0.05, 0) is 73.1 Å². The Morgan fingerprint density at radius 3 is 2.85 bits per heavy atom. The van der Waals surface area contributed by atoms with Gasteiger partial charge in [0.05, 0.1) is 0 Å². The van der Waals surface area contributed by atoms with Crippen molar-refractivity contribution in [3.05, 3.63) is 28.8 Å². The van der Waals surface area contributed by atoms with Gasteiger partial charge in [-0.25, -0.2) is 0 Å². The lowest BCUT2D eigenvalue weighted by Gasteiger charge is -2.31. The zero-order valence-electron chi connectivity index (χ0n) is 11.7. The third-order valence-electron chi connectivity index (χ3n) is 5.34. The van der Waals surface area contributed by atoms with E-state index in [0.717, 1.165) is 38.6 Å². The Balaban J connectivity index is 1.52. The van der Waals surface area contributed by atoms with Gasteiger partial charge >= 0.3 is 0 Å². The van der Waals surface area contributed by atoms with Crippen LogP contribution in [0.2, 0.25) is 0 Å². The predicted octanol–water partition coefficient (Wildman–Crippen LogP) is 2.51. The summed E-state index contributed by atoms with van der Waals surface area (Å²) in [6.07, 6.45) is 6.48. The monoisotopic (exact) mass is 271 g/mol. The van der Waals surface area contributed by atoms with Crippen LogP contribution in [0.4, 0.5) is 0 Å². The SMILES string of the molecule is O=C(NCC1CCc2c(O)ccc3c2C1CC3)C1CC1. The van der Waals surface area contributed by atoms with Gasteiger partial charge in [0, 0.05) is 12.5 Å². The van der Waals surface area contributed by atoms with Gasteiger partial charge in [0.2, 0.25) is 5.91 Å². The zero-order valence-corrected chi connectivity index (χ0v) is 11.7. The van der Waals surface area contributed by atoms with Crippen LogP contribution in [0.3, 0.4) is 0 Å². The maximum absolute atomic E-state index is 11.8. The number of amides is 1. The van der Waals surface area contributed by atoms with Gasteiger partial charge in [-0.2, -0.15) is 0 Å². The van der Waals surface area contributed by atoms with Crippen LogP contribution in [0.25, 0.3) is 0 Å². The normalized spacial score (nSPS) is 27.2. The maximum Gasteiger partial charge on any atom is 0.223 e. The molecular formula is C17H21NO2. The second-order valence-corrected chi connectivity index (χ2v) is 6.60. The number of benzene rings is 1. The van der Waals surface area contributed by atoms with Crippen molar-refractivity contribution in [1.82, 2.24) is 5.32 Å². The topological polar surface area (TPSA) is 49.3 Å². The van der Waals surface area contributed by atoms with Gasteiger partial charge in [0.25, 0.3) is 0 Å². The van der Waals surface area contributed by atoms with E-state index in [2.05, 4.69) is 11.4 Å². The van der Waals surface area contributed by atoms with Crippen LogP contribution in [-0.4, -0.2) is 17.6 Å². The summed E-state index contributed by atoms with van der Waals surface area (Å²) in [5.41, 5.74) is 4.00. The molecule has 2 N–H and O–H groups in total. The fourth-order valence-electron chi connectivity index (χ4n) is 4.07. The van der Waals surface area contributed by atoms with Gasteiger partial charge in [-0.3, -0.25) is 4.79 Å². The highest BCUT2D eigenvalue weighted by Crippen LogP contribution is 2.48. The standard InChI is InChI=1S/C17H21NO2/c19-15-8-5-10-3-6-13-12(4-7-14(15)16(10)13)9-18-17(20)11-1-2-11/h5,8,11-13,19H,1-4,6-7,9H2,(H,18,20). The highest BCUT2D eigenvalue weighted by molar-refractivity contribution is 5.80. The van der Waals surface area contributed by atoms with Gasteiger partial charge in [-0.15, -0.1) is 0 Å². The van der Waals surface area contributed by atoms with Gasteiger partial charge < -0.3 is 10.4 Å². The number of nitrogens with one attached hydrogen (secondary N) is 1. The van der Waals surface area contributed by atoms with Crippen molar-refractivity contribution in [1.29, 1.82) is 0 Å². The molecule has 2 unspecified atom stereocenters. The van der Waals surface area contributed by atoms with Crippen LogP contribution in [0.1, 0.15) is 48.3 Å². The molecule has 2 atom stereocenters. The summed E-state index contributed by atoms with van der Waals surface area (Å²) in [4.78, 5) is 11.8. The summed E-state index contributed by atoms with van der Waals surface area (Å²) in [7, 11) is 0. The molecule has 3 aliphatic carbocycles. The smallest absolute Gasteiger partial charge is 0.223 e. The van der Waals surface area contributed by atoms with E-state index in [9.17, 15) is 9.90 Å². The largest absolute Gasteiger partial charge is 0.508 e. The lowest BCUT2D eigenvalue weighted by Crippen LogP contribution is -2.34. The second-order valence-electron chi connectivity index (χ2n) is 6.60. The summed E-state index contributed by atoms with van der Waals surface area (Å²) in [6.45, 7) is 0.814. The number of rotatable bonds is 3. The molecule has 3 aliphatic rings. The van der Waals surface area contributed by atoms with Crippen molar-refractivity contribution < 1.29 is 9.90 Å². The minimum absolute atomic E-state index is 0.255. The Morgan fingerprint density at radius 2 is 2.05 bits per heavy atom. The number of carbonyl (C=O) groups excluding carboxylic acids is 1. The molecule has 1 aromatic rings. The molecule has 20 heavy (non-hydrogen) atoms. The van der Waals surface area contributed by atoms with Crippen LogP contribution in [0.5, 0.6) is 5.75 Å². The van der Waals surface area contributed by atoms with E-state index < -0.39 is 0 Å². The molecule has 0 bridgehead atoms. The number of phenols is 1. The van der Waals surface area contributed by atoms with Crippen LogP contribution < -0.4 is 5.32 Å². The molecule has 0 saturated heterocycles. The average Bonchev–Trinajstić information content (AvgIpc) is 3.22. The molecule has 1 aromatic carbocycles. The molecule has 0 spiro atoms. The molecule has 0 radical (unpaired) electrons. The van der Waals surface area contributed by atoms with Crippen LogP contribution in [0.15, 0.2) is 12.1 Å². The van der Waals surface area contributed by atoms with Gasteiger partial charge in [0.15, 0.2) is 0 Å². The second kappa shape index (κ2) is 4.51. The number of aryl methyl sites for hydroxylation is 1. The Kier molecular flexibility index (Phi) is 2.76. The Bertz CT molecular complexity index is 562. The number of hydrogen-bond donors (Lipinski definition) is 2. The summed E-state index contributed by atoms with van der Waals surface area (Å²) in [6, 6.07) is 3.94. The fraction of sp³-hybridized carbons (Fsp3) is 0.588. The van der Waals surface area contributed by atoms with Crippen molar-refractivity contribution in [3.8, 4) is 5.75 Å². The van der Waals surface area contributed by atoms with E-state index in [0.29, 0.717) is 23.5 Å². The minimum atomic E-state index is 0.255. The molecule has 1 saturated carbocycles. The summed E-state index contributed by atoms with van der Waals surface area (Å²) < 4.78 is 0. The first-order chi connectivity index (χ1) is 9.74. The molecule has 0 aliphatic heterocycles. The van der Waals surface area contributed by atoms with Crippen LogP contribution in [-0.2, 0) is 17.6 Å². The molecule has 3 heteroatoms. The predicted molar refractivity (Wildman–Crippen MR) is 76.7 cm³/mol. The number of carbonyl (C=O) groups is 1. The fourth-order valence-corrected chi connectivity index (χ4v) is 4.07. The quantitative estimate of drug-likeness (QED) is 0.887. The van der Waals surface area contributed by atoms with E-state index in [4.69, 9.17) is 0 Å². The van der Waals surface area contributed by atoms with Crippen molar-refractivity contribution in [2.45, 2.75) is 44.4 Å². The lowest BCUT2D eigenvalue weighted by molar-refractivity contribution is -0.122. The molecule has 3 nitrogen and oxygen atoms in total. The molecule has 4 rings (SSSR count). The maximum atomic E-state index is 11.8.